The Hall–Kier alpha value is -2.99. The Morgan fingerprint density at radius 2 is 1.63 bits per heavy atom. The van der Waals surface area contributed by atoms with Gasteiger partial charge in [0.2, 0.25) is 5.91 Å². The maximum Gasteiger partial charge on any atom is 0.257 e. The molecule has 0 radical (unpaired) electrons. The van der Waals surface area contributed by atoms with Gasteiger partial charge in [-0.2, -0.15) is 0 Å². The smallest absolute Gasteiger partial charge is 0.257 e. The van der Waals surface area contributed by atoms with Crippen molar-refractivity contribution in [3.05, 3.63) is 74.8 Å². The van der Waals surface area contributed by atoms with Crippen molar-refractivity contribution in [1.82, 2.24) is 4.98 Å². The second kappa shape index (κ2) is 8.03. The molecule has 0 spiro atoms. The predicted octanol–water partition coefficient (Wildman–Crippen LogP) is 5.30. The average molecular weight is 420 g/mol. The lowest BCUT2D eigenvalue weighted by Gasteiger charge is -2.15. The van der Waals surface area contributed by atoms with Gasteiger partial charge in [0.05, 0.1) is 11.6 Å². The maximum absolute atomic E-state index is 13.0. The number of thiazole rings is 1. The van der Waals surface area contributed by atoms with Gasteiger partial charge in [0, 0.05) is 16.1 Å². The number of hydrogen-bond acceptors (Lipinski definition) is 4. The third-order valence-electron chi connectivity index (χ3n) is 5.49. The maximum atomic E-state index is 13.0. The Balaban J connectivity index is 1.49. The van der Waals surface area contributed by atoms with Crippen molar-refractivity contribution in [3.8, 4) is 0 Å². The van der Waals surface area contributed by atoms with Crippen molar-refractivity contribution in [1.29, 1.82) is 0 Å². The highest BCUT2D eigenvalue weighted by Crippen LogP contribution is 2.39. The van der Waals surface area contributed by atoms with Gasteiger partial charge in [0.1, 0.15) is 0 Å². The fourth-order valence-corrected chi connectivity index (χ4v) is 5.03. The topological polar surface area (TPSA) is 71.1 Å². The molecular formula is C24H25N3O2S. The number of aromatic nitrogens is 1. The summed E-state index contributed by atoms with van der Waals surface area (Å²) < 4.78 is 0. The van der Waals surface area contributed by atoms with E-state index in [1.807, 2.05) is 32.9 Å². The summed E-state index contributed by atoms with van der Waals surface area (Å²) in [6.45, 7) is 8.06. The summed E-state index contributed by atoms with van der Waals surface area (Å²) in [4.78, 5) is 31.2. The average Bonchev–Trinajstić information content (AvgIpc) is 3.25. The van der Waals surface area contributed by atoms with E-state index in [4.69, 9.17) is 0 Å². The zero-order valence-corrected chi connectivity index (χ0v) is 18.4. The molecule has 2 aromatic carbocycles. The third-order valence-corrected chi connectivity index (χ3v) is 6.54. The minimum Gasteiger partial charge on any atom is -0.325 e. The second-order valence-corrected chi connectivity index (χ2v) is 9.09. The number of anilines is 2. The molecule has 1 atom stereocenters. The first-order chi connectivity index (χ1) is 14.3. The van der Waals surface area contributed by atoms with Crippen LogP contribution in [0.15, 0.2) is 36.4 Å². The number of carbonyl (C=O) groups excluding carboxylic acids is 2. The Labute approximate surface area is 180 Å². The first-order valence-corrected chi connectivity index (χ1v) is 10.9. The van der Waals surface area contributed by atoms with E-state index in [0.717, 1.165) is 45.8 Å². The Morgan fingerprint density at radius 1 is 0.967 bits per heavy atom. The number of aryl methyl sites for hydroxylation is 5. The summed E-state index contributed by atoms with van der Waals surface area (Å²) >= 11 is 1.46. The highest BCUT2D eigenvalue weighted by molar-refractivity contribution is 7.16. The summed E-state index contributed by atoms with van der Waals surface area (Å²) in [6.07, 6.45) is 1.55. The van der Waals surface area contributed by atoms with Crippen LogP contribution < -0.4 is 10.6 Å². The van der Waals surface area contributed by atoms with Crippen LogP contribution in [0, 0.1) is 27.7 Å². The summed E-state index contributed by atoms with van der Waals surface area (Å²) in [5.41, 5.74) is 6.66. The molecule has 5 nitrogen and oxygen atoms in total. The quantitative estimate of drug-likeness (QED) is 0.603. The molecule has 4 rings (SSSR count). The zero-order valence-electron chi connectivity index (χ0n) is 17.6. The summed E-state index contributed by atoms with van der Waals surface area (Å²) in [7, 11) is 0. The van der Waals surface area contributed by atoms with Crippen LogP contribution >= 0.6 is 11.3 Å². The monoisotopic (exact) mass is 419 g/mol. The van der Waals surface area contributed by atoms with Crippen LogP contribution in [0.25, 0.3) is 0 Å². The van der Waals surface area contributed by atoms with Crippen molar-refractivity contribution in [2.45, 2.75) is 46.5 Å². The molecular weight excluding hydrogens is 394 g/mol. The second-order valence-electron chi connectivity index (χ2n) is 8.00. The van der Waals surface area contributed by atoms with Gasteiger partial charge in [-0.05, 0) is 63.8 Å². The summed E-state index contributed by atoms with van der Waals surface area (Å²) in [5, 5.41) is 6.53. The van der Waals surface area contributed by atoms with Crippen LogP contribution in [0.1, 0.15) is 55.5 Å². The van der Waals surface area contributed by atoms with E-state index in [1.165, 1.54) is 16.9 Å². The molecule has 2 N–H and O–H groups in total. The lowest BCUT2D eigenvalue weighted by atomic mass is 10.0. The minimum absolute atomic E-state index is 0.0366. The molecule has 0 saturated carbocycles. The number of benzene rings is 2. The Kier molecular flexibility index (Phi) is 5.43. The number of hydrogen-bond donors (Lipinski definition) is 2. The molecule has 0 saturated heterocycles. The van der Waals surface area contributed by atoms with Crippen LogP contribution in [0.4, 0.5) is 10.8 Å². The van der Waals surface area contributed by atoms with Gasteiger partial charge in [0.25, 0.3) is 5.91 Å². The third kappa shape index (κ3) is 4.00. The van der Waals surface area contributed by atoms with Crippen molar-refractivity contribution >= 4 is 34.0 Å². The lowest BCUT2D eigenvalue weighted by molar-refractivity contribution is -0.117. The number of carbonyl (C=O) groups is 2. The molecule has 30 heavy (non-hydrogen) atoms. The fraction of sp³-hybridized carbons (Fsp3) is 0.292. The lowest BCUT2D eigenvalue weighted by Crippen LogP contribution is -2.21. The standard InChI is InChI=1S/C24H25N3O2S/c1-13-5-7-17(8-6-13)22(28)27-24-26-21-18(9-10-19(21)30-24)23(29)25-20-15(3)11-14(2)12-16(20)4/h5-8,11-12,18H,9-10H2,1-4H3,(H,25,29)(H,26,27,28). The number of amides is 2. The van der Waals surface area contributed by atoms with Crippen LogP contribution in [0.5, 0.6) is 0 Å². The SMILES string of the molecule is Cc1ccc(C(=O)Nc2nc3c(s2)CCC3C(=O)Nc2c(C)cc(C)cc2C)cc1. The largest absolute Gasteiger partial charge is 0.325 e. The van der Waals surface area contributed by atoms with E-state index in [1.54, 1.807) is 12.1 Å². The molecule has 0 aliphatic heterocycles. The highest BCUT2D eigenvalue weighted by atomic mass is 32.1. The number of fused-ring (bicyclic) bond motifs is 1. The molecule has 1 unspecified atom stereocenters. The molecule has 1 aliphatic rings. The summed E-state index contributed by atoms with van der Waals surface area (Å²) in [5.74, 6) is -0.513. The Bertz CT molecular complexity index is 1110. The van der Waals surface area contributed by atoms with Gasteiger partial charge >= 0.3 is 0 Å². The minimum atomic E-state index is -0.290. The van der Waals surface area contributed by atoms with E-state index in [0.29, 0.717) is 10.7 Å². The predicted molar refractivity (Wildman–Crippen MR) is 122 cm³/mol. The van der Waals surface area contributed by atoms with E-state index in [2.05, 4.69) is 34.7 Å². The molecule has 0 fully saturated rings. The molecule has 0 bridgehead atoms. The van der Waals surface area contributed by atoms with Gasteiger partial charge in [-0.1, -0.05) is 35.4 Å². The first-order valence-electron chi connectivity index (χ1n) is 10.1. The number of nitrogens with zero attached hydrogens (tertiary/aromatic N) is 1. The molecule has 1 heterocycles. The van der Waals surface area contributed by atoms with Crippen LogP contribution in [0.3, 0.4) is 0 Å². The van der Waals surface area contributed by atoms with Crippen LogP contribution in [0.2, 0.25) is 0 Å². The molecule has 2 amide bonds. The van der Waals surface area contributed by atoms with Gasteiger partial charge in [-0.15, -0.1) is 11.3 Å². The highest BCUT2D eigenvalue weighted by Gasteiger charge is 2.33. The van der Waals surface area contributed by atoms with E-state index < -0.39 is 0 Å². The van der Waals surface area contributed by atoms with Crippen LogP contribution in [-0.4, -0.2) is 16.8 Å². The molecule has 1 aromatic heterocycles. The van der Waals surface area contributed by atoms with Crippen molar-refractivity contribution in [3.63, 3.8) is 0 Å². The van der Waals surface area contributed by atoms with Crippen molar-refractivity contribution < 1.29 is 9.59 Å². The molecule has 3 aromatic rings. The van der Waals surface area contributed by atoms with Crippen LogP contribution in [-0.2, 0) is 11.2 Å². The Morgan fingerprint density at radius 3 is 2.30 bits per heavy atom. The normalized spacial score (nSPS) is 15.0. The first kappa shape index (κ1) is 20.3. The van der Waals surface area contributed by atoms with Gasteiger partial charge in [-0.25, -0.2) is 4.98 Å². The summed E-state index contributed by atoms with van der Waals surface area (Å²) in [6, 6.07) is 11.6. The van der Waals surface area contributed by atoms with E-state index >= 15 is 0 Å². The van der Waals surface area contributed by atoms with Gasteiger partial charge in [0.15, 0.2) is 5.13 Å². The van der Waals surface area contributed by atoms with Gasteiger partial charge < -0.3 is 5.32 Å². The van der Waals surface area contributed by atoms with E-state index in [-0.39, 0.29) is 17.7 Å². The van der Waals surface area contributed by atoms with Gasteiger partial charge in [-0.3, -0.25) is 14.9 Å². The molecule has 1 aliphatic carbocycles. The fourth-order valence-electron chi connectivity index (χ4n) is 4.00. The van der Waals surface area contributed by atoms with Crippen molar-refractivity contribution in [2.24, 2.45) is 0 Å². The molecule has 6 heteroatoms. The zero-order chi connectivity index (χ0) is 21.4. The number of rotatable bonds is 4. The molecule has 154 valence electrons. The van der Waals surface area contributed by atoms with Crippen molar-refractivity contribution in [2.75, 3.05) is 10.6 Å². The number of nitrogens with one attached hydrogen (secondary N) is 2. The van der Waals surface area contributed by atoms with E-state index in [9.17, 15) is 9.59 Å².